The van der Waals surface area contributed by atoms with Crippen LogP contribution >= 0.6 is 23.2 Å². The van der Waals surface area contributed by atoms with Crippen molar-refractivity contribution >= 4 is 35.1 Å². The Labute approximate surface area is 191 Å². The maximum Gasteiger partial charge on any atom is 0.335 e. The van der Waals surface area contributed by atoms with Crippen molar-refractivity contribution in [3.05, 3.63) is 33.8 Å². The normalized spacial score (nSPS) is 16.3. The molecule has 5 N–H and O–H groups in total. The number of rotatable bonds is 10. The first kappa shape index (κ1) is 27.6. The third-order valence-electron chi connectivity index (χ3n) is 4.81. The molecule has 1 fully saturated rings. The van der Waals surface area contributed by atoms with Crippen LogP contribution in [0.2, 0.25) is 10.0 Å². The smallest absolute Gasteiger partial charge is 0.335 e. The number of aliphatic hydroxyl groups is 2. The Hall–Kier alpha value is -1.46. The lowest BCUT2D eigenvalue weighted by Gasteiger charge is -2.35. The van der Waals surface area contributed by atoms with Crippen molar-refractivity contribution in [3.8, 4) is 0 Å². The van der Waals surface area contributed by atoms with Crippen molar-refractivity contribution in [1.82, 2.24) is 10.2 Å². The Balaban J connectivity index is 0.000000407. The van der Waals surface area contributed by atoms with Crippen LogP contribution in [-0.4, -0.2) is 88.9 Å². The Morgan fingerprint density at radius 1 is 1.16 bits per heavy atom. The molecule has 0 spiro atoms. The van der Waals surface area contributed by atoms with Gasteiger partial charge in [-0.2, -0.15) is 0 Å². The van der Waals surface area contributed by atoms with E-state index in [1.54, 1.807) is 7.11 Å². The molecule has 31 heavy (non-hydrogen) atoms. The number of hydrogen-bond acceptors (Lipinski definition) is 7. The number of ether oxygens (including phenoxy) is 1. The second kappa shape index (κ2) is 14.6. The van der Waals surface area contributed by atoms with Gasteiger partial charge in [0, 0.05) is 42.9 Å². The van der Waals surface area contributed by atoms with E-state index in [2.05, 4.69) is 10.2 Å². The first-order valence-corrected chi connectivity index (χ1v) is 10.6. The number of piperidine rings is 1. The van der Waals surface area contributed by atoms with Gasteiger partial charge < -0.3 is 30.5 Å². The topological polar surface area (TPSA) is 140 Å². The molecule has 1 saturated heterocycles. The molecule has 0 radical (unpaired) electrons. The minimum atomic E-state index is -2.27. The summed E-state index contributed by atoms with van der Waals surface area (Å²) in [6.45, 7) is 4.91. The third kappa shape index (κ3) is 10.1. The van der Waals surface area contributed by atoms with Gasteiger partial charge in [-0.05, 0) is 50.0 Å². The number of halogens is 2. The van der Waals surface area contributed by atoms with Crippen molar-refractivity contribution in [2.24, 2.45) is 0 Å². The Bertz CT molecular complexity index is 684. The highest BCUT2D eigenvalue weighted by Gasteiger charge is 2.29. The molecular weight excluding hydrogens is 451 g/mol. The summed E-state index contributed by atoms with van der Waals surface area (Å²) in [5, 5.41) is 37.4. The molecule has 0 amide bonds. The summed E-state index contributed by atoms with van der Waals surface area (Å²) in [6.07, 6.45) is -1.10. The van der Waals surface area contributed by atoms with E-state index in [0.29, 0.717) is 11.1 Å². The number of carbonyl (C=O) groups is 2. The molecule has 11 heteroatoms. The lowest BCUT2D eigenvalue weighted by atomic mass is 10.0. The monoisotopic (exact) mass is 480 g/mol. The van der Waals surface area contributed by atoms with E-state index >= 15 is 0 Å². The summed E-state index contributed by atoms with van der Waals surface area (Å²) in [5.74, 6) is -3.54. The molecule has 2 rings (SSSR count). The number of carboxylic acid groups (broad SMARTS) is 2. The molecule has 1 aliphatic rings. The summed E-state index contributed by atoms with van der Waals surface area (Å²) in [6, 6.07) is 6.40. The van der Waals surface area contributed by atoms with E-state index in [4.69, 9.17) is 48.4 Å². The number of hydrogen-bond donors (Lipinski definition) is 5. The minimum absolute atomic E-state index is 0.620. The van der Waals surface area contributed by atoms with Crippen LogP contribution in [0, 0.1) is 0 Å². The van der Waals surface area contributed by atoms with E-state index < -0.39 is 24.1 Å². The number of benzene rings is 1. The van der Waals surface area contributed by atoms with E-state index in [9.17, 15) is 9.59 Å². The standard InChI is InChI=1S/C16H24Cl2N2O.C4H6O6/c1-21-10-2-9-20(15-5-7-19-8-6-15)12-13-3-4-14(17)11-16(13)18;5-1(3(7)8)2(6)4(9)10/h3-4,11,15,19H,2,5-10,12H2,1H3;1-2,5-6H,(H,7,8)(H,9,10). The maximum atomic E-state index is 9.77. The third-order valence-corrected chi connectivity index (χ3v) is 5.40. The average molecular weight is 481 g/mol. The quantitative estimate of drug-likeness (QED) is 0.314. The first-order chi connectivity index (χ1) is 14.7. The van der Waals surface area contributed by atoms with Crippen LogP contribution in [0.3, 0.4) is 0 Å². The Morgan fingerprint density at radius 2 is 1.74 bits per heavy atom. The number of nitrogens with zero attached hydrogens (tertiary/aromatic N) is 1. The molecule has 176 valence electrons. The van der Waals surface area contributed by atoms with Gasteiger partial charge in [-0.15, -0.1) is 0 Å². The summed E-state index contributed by atoms with van der Waals surface area (Å²) < 4.78 is 5.19. The predicted octanol–water partition coefficient (Wildman–Crippen LogP) is 1.46. The van der Waals surface area contributed by atoms with Gasteiger partial charge in [0.25, 0.3) is 0 Å². The fourth-order valence-electron chi connectivity index (χ4n) is 3.11. The van der Waals surface area contributed by atoms with Crippen molar-refractivity contribution in [3.63, 3.8) is 0 Å². The highest BCUT2D eigenvalue weighted by atomic mass is 35.5. The molecule has 1 aromatic carbocycles. The molecule has 0 saturated carbocycles. The fourth-order valence-corrected chi connectivity index (χ4v) is 3.58. The van der Waals surface area contributed by atoms with Crippen LogP contribution in [0.15, 0.2) is 18.2 Å². The number of carboxylic acids is 2. The lowest BCUT2D eigenvalue weighted by molar-refractivity contribution is -0.165. The van der Waals surface area contributed by atoms with Crippen LogP contribution in [0.1, 0.15) is 24.8 Å². The van der Waals surface area contributed by atoms with Crippen molar-refractivity contribution in [2.75, 3.05) is 33.4 Å². The van der Waals surface area contributed by atoms with Gasteiger partial charge in [0.1, 0.15) is 0 Å². The SMILES string of the molecule is COCCCN(Cc1ccc(Cl)cc1Cl)C1CCNCC1.O=C(O)C(O)C(O)C(=O)O. The van der Waals surface area contributed by atoms with E-state index in [0.717, 1.165) is 49.8 Å². The van der Waals surface area contributed by atoms with Gasteiger partial charge in [-0.1, -0.05) is 29.3 Å². The highest BCUT2D eigenvalue weighted by Crippen LogP contribution is 2.24. The van der Waals surface area contributed by atoms with E-state index in [1.165, 1.54) is 12.8 Å². The van der Waals surface area contributed by atoms with Crippen LogP contribution in [-0.2, 0) is 20.9 Å². The highest BCUT2D eigenvalue weighted by molar-refractivity contribution is 6.35. The molecule has 0 bridgehead atoms. The molecule has 1 heterocycles. The van der Waals surface area contributed by atoms with Gasteiger partial charge in [-0.3, -0.25) is 4.90 Å². The van der Waals surface area contributed by atoms with Crippen LogP contribution in [0.25, 0.3) is 0 Å². The van der Waals surface area contributed by atoms with E-state index in [-0.39, 0.29) is 0 Å². The minimum Gasteiger partial charge on any atom is -0.479 e. The van der Waals surface area contributed by atoms with Crippen molar-refractivity contribution in [2.45, 2.75) is 44.1 Å². The van der Waals surface area contributed by atoms with Gasteiger partial charge in [0.15, 0.2) is 12.2 Å². The maximum absolute atomic E-state index is 9.77. The molecule has 2 unspecified atom stereocenters. The molecule has 1 aromatic rings. The molecule has 2 atom stereocenters. The number of nitrogens with one attached hydrogen (secondary N) is 1. The zero-order valence-electron chi connectivity index (χ0n) is 17.3. The second-order valence-corrected chi connectivity index (χ2v) is 7.94. The predicted molar refractivity (Wildman–Crippen MR) is 117 cm³/mol. The fraction of sp³-hybridized carbons (Fsp3) is 0.600. The Kier molecular flexibility index (Phi) is 13.0. The second-order valence-electron chi connectivity index (χ2n) is 7.10. The first-order valence-electron chi connectivity index (χ1n) is 9.86. The van der Waals surface area contributed by atoms with Gasteiger partial charge >= 0.3 is 11.9 Å². The summed E-state index contributed by atoms with van der Waals surface area (Å²) in [4.78, 5) is 22.1. The number of aliphatic carboxylic acids is 2. The molecular formula is C20H30Cl2N2O7. The van der Waals surface area contributed by atoms with Crippen LogP contribution in [0.5, 0.6) is 0 Å². The van der Waals surface area contributed by atoms with Gasteiger partial charge in [-0.25, -0.2) is 9.59 Å². The van der Waals surface area contributed by atoms with E-state index in [1.807, 2.05) is 18.2 Å². The Morgan fingerprint density at radius 3 is 2.23 bits per heavy atom. The van der Waals surface area contributed by atoms with Gasteiger partial charge in [0.2, 0.25) is 0 Å². The largest absolute Gasteiger partial charge is 0.479 e. The molecule has 9 nitrogen and oxygen atoms in total. The molecule has 0 aromatic heterocycles. The van der Waals surface area contributed by atoms with Crippen molar-refractivity contribution < 1.29 is 34.8 Å². The summed E-state index contributed by atoms with van der Waals surface area (Å²) in [7, 11) is 1.75. The van der Waals surface area contributed by atoms with Crippen molar-refractivity contribution in [1.29, 1.82) is 0 Å². The zero-order chi connectivity index (χ0) is 23.4. The van der Waals surface area contributed by atoms with Crippen LogP contribution in [0.4, 0.5) is 0 Å². The number of aliphatic hydroxyl groups excluding tert-OH is 2. The lowest BCUT2D eigenvalue weighted by Crippen LogP contribution is -2.43. The van der Waals surface area contributed by atoms with Gasteiger partial charge in [0.05, 0.1) is 0 Å². The molecule has 1 aliphatic heterocycles. The summed E-state index contributed by atoms with van der Waals surface area (Å²) in [5.41, 5.74) is 1.15. The average Bonchev–Trinajstić information content (AvgIpc) is 2.74. The summed E-state index contributed by atoms with van der Waals surface area (Å²) >= 11 is 12.3. The zero-order valence-corrected chi connectivity index (χ0v) is 18.8. The molecule has 0 aliphatic carbocycles. The number of methoxy groups -OCH3 is 1. The van der Waals surface area contributed by atoms with Crippen LogP contribution < -0.4 is 5.32 Å².